The molecule has 25 heavy (non-hydrogen) atoms. The minimum atomic E-state index is 0. The Labute approximate surface area is 167 Å². The number of hydrogen-bond acceptors (Lipinski definition) is 3. The highest BCUT2D eigenvalue weighted by Gasteiger charge is 2.06. The van der Waals surface area contributed by atoms with Crippen molar-refractivity contribution in [1.82, 2.24) is 15.6 Å². The van der Waals surface area contributed by atoms with Crippen molar-refractivity contribution in [2.24, 2.45) is 4.99 Å². The summed E-state index contributed by atoms with van der Waals surface area (Å²) in [6, 6.07) is 12.4. The molecule has 0 saturated carbocycles. The lowest BCUT2D eigenvalue weighted by molar-refractivity contribution is 0.320. The second kappa shape index (κ2) is 11.7. The van der Waals surface area contributed by atoms with E-state index in [4.69, 9.17) is 4.74 Å². The number of aromatic nitrogens is 1. The van der Waals surface area contributed by atoms with Crippen LogP contribution >= 0.6 is 24.0 Å². The summed E-state index contributed by atoms with van der Waals surface area (Å²) >= 11 is 0. The Morgan fingerprint density at radius 2 is 1.96 bits per heavy atom. The Hall–Kier alpha value is -1.83. The number of hydrogen-bond donors (Lipinski definition) is 2. The van der Waals surface area contributed by atoms with E-state index in [2.05, 4.69) is 58.7 Å². The topological polar surface area (TPSA) is 58.5 Å². The van der Waals surface area contributed by atoms with Crippen molar-refractivity contribution in [1.29, 1.82) is 0 Å². The third-order valence-electron chi connectivity index (χ3n) is 3.74. The van der Waals surface area contributed by atoms with Gasteiger partial charge in [-0.2, -0.15) is 0 Å². The van der Waals surface area contributed by atoms with Crippen LogP contribution in [0.15, 0.2) is 53.8 Å². The smallest absolute Gasteiger partial charge is 0.191 e. The Morgan fingerprint density at radius 3 is 2.60 bits per heavy atom. The van der Waals surface area contributed by atoms with Crippen molar-refractivity contribution in [3.8, 4) is 5.75 Å². The van der Waals surface area contributed by atoms with E-state index in [1.54, 1.807) is 19.4 Å². The van der Waals surface area contributed by atoms with Crippen LogP contribution in [-0.2, 0) is 0 Å². The molecule has 0 aliphatic carbocycles. The quantitative estimate of drug-likeness (QED) is 0.292. The fourth-order valence-electron chi connectivity index (χ4n) is 2.25. The molecule has 0 aliphatic rings. The van der Waals surface area contributed by atoms with Gasteiger partial charge in [-0.15, -0.1) is 24.0 Å². The SMILES string of the molecule is CN=C(NCCOc1cccnc1)NCC(C)c1ccc(C)cc1.I. The second-order valence-corrected chi connectivity index (χ2v) is 5.73. The maximum absolute atomic E-state index is 5.60. The van der Waals surface area contributed by atoms with Gasteiger partial charge in [-0.1, -0.05) is 36.8 Å². The molecular formula is C19H27IN4O. The summed E-state index contributed by atoms with van der Waals surface area (Å²) in [7, 11) is 1.77. The number of aryl methyl sites for hydroxylation is 1. The molecule has 1 unspecified atom stereocenters. The van der Waals surface area contributed by atoms with Gasteiger partial charge in [-0.3, -0.25) is 9.98 Å². The Morgan fingerprint density at radius 1 is 1.20 bits per heavy atom. The van der Waals surface area contributed by atoms with Gasteiger partial charge in [0.05, 0.1) is 12.7 Å². The predicted molar refractivity (Wildman–Crippen MR) is 114 cm³/mol. The Bertz CT molecular complexity index is 632. The molecule has 1 aromatic heterocycles. The van der Waals surface area contributed by atoms with E-state index in [1.165, 1.54) is 11.1 Å². The molecule has 2 aromatic rings. The van der Waals surface area contributed by atoms with Crippen molar-refractivity contribution < 1.29 is 4.74 Å². The molecule has 0 bridgehead atoms. The van der Waals surface area contributed by atoms with E-state index in [0.717, 1.165) is 18.3 Å². The molecule has 1 heterocycles. The molecule has 0 amide bonds. The van der Waals surface area contributed by atoms with Gasteiger partial charge in [0, 0.05) is 19.8 Å². The molecule has 136 valence electrons. The predicted octanol–water partition coefficient (Wildman–Crippen LogP) is 3.36. The number of pyridine rings is 1. The summed E-state index contributed by atoms with van der Waals surface area (Å²) in [6.45, 7) is 6.36. The van der Waals surface area contributed by atoms with Crippen molar-refractivity contribution >= 4 is 29.9 Å². The molecule has 0 radical (unpaired) electrons. The highest BCUT2D eigenvalue weighted by Crippen LogP contribution is 2.14. The number of aliphatic imine (C=N–C) groups is 1. The summed E-state index contributed by atoms with van der Waals surface area (Å²) < 4.78 is 5.60. The lowest BCUT2D eigenvalue weighted by atomic mass is 10.0. The van der Waals surface area contributed by atoms with E-state index in [-0.39, 0.29) is 24.0 Å². The van der Waals surface area contributed by atoms with Crippen LogP contribution in [-0.4, -0.2) is 37.7 Å². The molecule has 2 rings (SSSR count). The number of benzene rings is 1. The number of nitrogens with zero attached hydrogens (tertiary/aromatic N) is 2. The van der Waals surface area contributed by atoms with Crippen LogP contribution in [0.25, 0.3) is 0 Å². The molecule has 6 heteroatoms. The molecule has 1 aromatic carbocycles. The first-order chi connectivity index (χ1) is 11.7. The number of rotatable bonds is 7. The highest BCUT2D eigenvalue weighted by molar-refractivity contribution is 14.0. The number of guanidine groups is 1. The van der Waals surface area contributed by atoms with E-state index >= 15 is 0 Å². The van der Waals surface area contributed by atoms with Gasteiger partial charge >= 0.3 is 0 Å². The highest BCUT2D eigenvalue weighted by atomic mass is 127. The third-order valence-corrected chi connectivity index (χ3v) is 3.74. The molecule has 5 nitrogen and oxygen atoms in total. The number of ether oxygens (including phenoxy) is 1. The van der Waals surface area contributed by atoms with Gasteiger partial charge in [0.15, 0.2) is 5.96 Å². The molecule has 1 atom stereocenters. The average Bonchev–Trinajstić information content (AvgIpc) is 2.62. The van der Waals surface area contributed by atoms with Gasteiger partial charge < -0.3 is 15.4 Å². The summed E-state index contributed by atoms with van der Waals surface area (Å²) in [4.78, 5) is 8.26. The van der Waals surface area contributed by atoms with Crippen molar-refractivity contribution in [3.63, 3.8) is 0 Å². The van der Waals surface area contributed by atoms with Crippen LogP contribution in [0, 0.1) is 6.92 Å². The normalized spacial score (nSPS) is 12.0. The van der Waals surface area contributed by atoms with E-state index in [1.807, 2.05) is 12.1 Å². The standard InChI is InChI=1S/C19H26N4O.HI/c1-15-6-8-17(9-7-15)16(2)13-23-19(20-3)22-11-12-24-18-5-4-10-21-14-18;/h4-10,14,16H,11-13H2,1-3H3,(H2,20,22,23);1H. The minimum Gasteiger partial charge on any atom is -0.490 e. The largest absolute Gasteiger partial charge is 0.490 e. The summed E-state index contributed by atoms with van der Waals surface area (Å²) in [6.07, 6.45) is 3.43. The minimum absolute atomic E-state index is 0. The molecule has 0 aliphatic heterocycles. The first-order valence-corrected chi connectivity index (χ1v) is 8.23. The molecule has 0 saturated heterocycles. The average molecular weight is 454 g/mol. The molecule has 2 N–H and O–H groups in total. The number of nitrogens with one attached hydrogen (secondary N) is 2. The van der Waals surface area contributed by atoms with Gasteiger partial charge in [0.25, 0.3) is 0 Å². The van der Waals surface area contributed by atoms with Crippen molar-refractivity contribution in [2.45, 2.75) is 19.8 Å². The number of halogens is 1. The second-order valence-electron chi connectivity index (χ2n) is 5.73. The zero-order chi connectivity index (χ0) is 17.2. The fourth-order valence-corrected chi connectivity index (χ4v) is 2.25. The molecular weight excluding hydrogens is 427 g/mol. The molecule has 0 fully saturated rings. The van der Waals surface area contributed by atoms with Crippen LogP contribution in [0.5, 0.6) is 5.75 Å². The van der Waals surface area contributed by atoms with Crippen LogP contribution in [0.1, 0.15) is 24.0 Å². The fraction of sp³-hybridized carbons (Fsp3) is 0.368. The summed E-state index contributed by atoms with van der Waals surface area (Å²) in [5.74, 6) is 1.97. The molecule has 0 spiro atoms. The first kappa shape index (κ1) is 21.2. The maximum atomic E-state index is 5.60. The van der Waals surface area contributed by atoms with E-state index in [0.29, 0.717) is 19.1 Å². The van der Waals surface area contributed by atoms with Crippen LogP contribution in [0.3, 0.4) is 0 Å². The monoisotopic (exact) mass is 454 g/mol. The Balaban J connectivity index is 0.00000312. The third kappa shape index (κ3) is 7.72. The van der Waals surface area contributed by atoms with Crippen LogP contribution in [0.2, 0.25) is 0 Å². The maximum Gasteiger partial charge on any atom is 0.191 e. The lowest BCUT2D eigenvalue weighted by Gasteiger charge is -2.16. The van der Waals surface area contributed by atoms with Gasteiger partial charge in [-0.25, -0.2) is 0 Å². The van der Waals surface area contributed by atoms with Gasteiger partial charge in [0.2, 0.25) is 0 Å². The van der Waals surface area contributed by atoms with Crippen molar-refractivity contribution in [3.05, 3.63) is 59.9 Å². The zero-order valence-electron chi connectivity index (χ0n) is 15.0. The van der Waals surface area contributed by atoms with E-state index in [9.17, 15) is 0 Å². The van der Waals surface area contributed by atoms with Crippen LogP contribution in [0.4, 0.5) is 0 Å². The zero-order valence-corrected chi connectivity index (χ0v) is 17.4. The first-order valence-electron chi connectivity index (χ1n) is 8.23. The summed E-state index contributed by atoms with van der Waals surface area (Å²) in [5, 5.41) is 6.60. The van der Waals surface area contributed by atoms with E-state index < -0.39 is 0 Å². The van der Waals surface area contributed by atoms with Gasteiger partial charge in [0.1, 0.15) is 12.4 Å². The van der Waals surface area contributed by atoms with Crippen molar-refractivity contribution in [2.75, 3.05) is 26.7 Å². The lowest BCUT2D eigenvalue weighted by Crippen LogP contribution is -2.40. The summed E-state index contributed by atoms with van der Waals surface area (Å²) in [5.41, 5.74) is 2.61. The Kier molecular flexibility index (Phi) is 9.91. The van der Waals surface area contributed by atoms with Crippen LogP contribution < -0.4 is 15.4 Å². The van der Waals surface area contributed by atoms with Gasteiger partial charge in [-0.05, 0) is 30.5 Å².